The Bertz CT molecular complexity index is 785. The van der Waals surface area contributed by atoms with Crippen LogP contribution < -0.4 is 4.72 Å². The number of hydrogen-bond donors (Lipinski definition) is 2. The molecule has 0 spiro atoms. The molecule has 7 heteroatoms. The number of carbonyl (C=O) groups is 1. The van der Waals surface area contributed by atoms with Crippen molar-refractivity contribution in [1.82, 2.24) is 0 Å². The van der Waals surface area contributed by atoms with Gasteiger partial charge in [0.25, 0.3) is 10.0 Å². The number of nitrogens with one attached hydrogen (secondary N) is 1. The molecule has 0 aliphatic rings. The highest BCUT2D eigenvalue weighted by molar-refractivity contribution is 7.92. The molecule has 0 unspecified atom stereocenters. The van der Waals surface area contributed by atoms with Gasteiger partial charge in [0.05, 0.1) is 16.1 Å². The van der Waals surface area contributed by atoms with Gasteiger partial charge in [0.2, 0.25) is 0 Å². The van der Waals surface area contributed by atoms with E-state index in [9.17, 15) is 17.6 Å². The molecule has 0 radical (unpaired) electrons. The third-order valence-corrected chi connectivity index (χ3v) is 4.23. The van der Waals surface area contributed by atoms with Crippen LogP contribution in [0.1, 0.15) is 15.9 Å². The van der Waals surface area contributed by atoms with Crippen LogP contribution in [0.25, 0.3) is 0 Å². The minimum Gasteiger partial charge on any atom is -0.478 e. The van der Waals surface area contributed by atoms with E-state index in [0.29, 0.717) is 5.56 Å². The number of sulfonamides is 1. The largest absolute Gasteiger partial charge is 0.478 e. The normalized spacial score (nSPS) is 11.1. The van der Waals surface area contributed by atoms with Crippen LogP contribution in [0.3, 0.4) is 0 Å². The van der Waals surface area contributed by atoms with Gasteiger partial charge in [-0.3, -0.25) is 4.72 Å². The molecule has 0 heterocycles. The van der Waals surface area contributed by atoms with Gasteiger partial charge >= 0.3 is 5.97 Å². The topological polar surface area (TPSA) is 83.5 Å². The summed E-state index contributed by atoms with van der Waals surface area (Å²) in [5, 5.41) is 8.93. The smallest absolute Gasteiger partial charge is 0.335 e. The van der Waals surface area contributed by atoms with Gasteiger partial charge in [0, 0.05) is 0 Å². The van der Waals surface area contributed by atoms with Crippen LogP contribution in [0.4, 0.5) is 10.1 Å². The SMILES string of the molecule is Cc1ccc(C(=O)O)cc1NS(=O)(=O)c1ccc(F)cc1. The zero-order valence-corrected chi connectivity index (χ0v) is 11.8. The molecule has 0 saturated heterocycles. The summed E-state index contributed by atoms with van der Waals surface area (Å²) in [4.78, 5) is 10.8. The molecule has 2 N–H and O–H groups in total. The number of halogens is 1. The van der Waals surface area contributed by atoms with Gasteiger partial charge in [0.15, 0.2) is 0 Å². The lowest BCUT2D eigenvalue weighted by Crippen LogP contribution is -2.14. The summed E-state index contributed by atoms with van der Waals surface area (Å²) in [5.74, 6) is -1.70. The van der Waals surface area contributed by atoms with Gasteiger partial charge in [-0.25, -0.2) is 17.6 Å². The summed E-state index contributed by atoms with van der Waals surface area (Å²) < 4.78 is 39.5. The first-order valence-electron chi connectivity index (χ1n) is 5.92. The van der Waals surface area contributed by atoms with Gasteiger partial charge in [-0.2, -0.15) is 0 Å². The molecule has 21 heavy (non-hydrogen) atoms. The summed E-state index contributed by atoms with van der Waals surface area (Å²) in [6.07, 6.45) is 0. The van der Waals surface area contributed by atoms with Crippen molar-refractivity contribution in [2.45, 2.75) is 11.8 Å². The average Bonchev–Trinajstić information content (AvgIpc) is 2.41. The lowest BCUT2D eigenvalue weighted by Gasteiger charge is -2.11. The van der Waals surface area contributed by atoms with E-state index in [1.807, 2.05) is 0 Å². The Morgan fingerprint density at radius 2 is 1.76 bits per heavy atom. The minimum absolute atomic E-state index is 0.0302. The summed E-state index contributed by atoms with van der Waals surface area (Å²) in [7, 11) is -3.90. The standard InChI is InChI=1S/C14H12FNO4S/c1-9-2-3-10(14(17)18)8-13(9)16-21(19,20)12-6-4-11(15)5-7-12/h2-8,16H,1H3,(H,17,18). The van der Waals surface area contributed by atoms with Crippen molar-refractivity contribution >= 4 is 21.7 Å². The lowest BCUT2D eigenvalue weighted by atomic mass is 10.1. The van der Waals surface area contributed by atoms with Crippen molar-refractivity contribution in [3.05, 3.63) is 59.4 Å². The van der Waals surface area contributed by atoms with Crippen LogP contribution in [-0.4, -0.2) is 19.5 Å². The zero-order valence-electron chi connectivity index (χ0n) is 11.0. The van der Waals surface area contributed by atoms with E-state index in [1.54, 1.807) is 6.92 Å². The summed E-state index contributed by atoms with van der Waals surface area (Å²) in [6.45, 7) is 1.65. The number of benzene rings is 2. The molecule has 110 valence electrons. The maximum atomic E-state index is 12.8. The molecule has 2 rings (SSSR count). The summed E-state index contributed by atoms with van der Waals surface area (Å²) >= 11 is 0. The minimum atomic E-state index is -3.90. The number of aromatic carboxylic acids is 1. The molecule has 0 amide bonds. The van der Waals surface area contributed by atoms with Gasteiger partial charge in [-0.15, -0.1) is 0 Å². The summed E-state index contributed by atoms with van der Waals surface area (Å²) in [6, 6.07) is 8.46. The van der Waals surface area contributed by atoms with Crippen LogP contribution in [0.5, 0.6) is 0 Å². The zero-order chi connectivity index (χ0) is 15.6. The van der Waals surface area contributed by atoms with E-state index in [-0.39, 0.29) is 16.1 Å². The Kier molecular flexibility index (Phi) is 3.95. The number of rotatable bonds is 4. The second-order valence-electron chi connectivity index (χ2n) is 4.39. The third kappa shape index (κ3) is 3.38. The van der Waals surface area contributed by atoms with E-state index >= 15 is 0 Å². The Hall–Kier alpha value is -2.41. The molecule has 2 aromatic rings. The Morgan fingerprint density at radius 3 is 2.33 bits per heavy atom. The highest BCUT2D eigenvalue weighted by Crippen LogP contribution is 2.21. The number of aryl methyl sites for hydroxylation is 1. The molecule has 0 fully saturated rings. The molecule has 0 bridgehead atoms. The Balaban J connectivity index is 2.38. The number of carboxylic acid groups (broad SMARTS) is 1. The highest BCUT2D eigenvalue weighted by atomic mass is 32.2. The van der Waals surface area contributed by atoms with Crippen LogP contribution >= 0.6 is 0 Å². The van der Waals surface area contributed by atoms with E-state index in [1.165, 1.54) is 18.2 Å². The van der Waals surface area contributed by atoms with Gasteiger partial charge < -0.3 is 5.11 Å². The number of hydrogen-bond acceptors (Lipinski definition) is 3. The molecule has 0 saturated carbocycles. The van der Waals surface area contributed by atoms with E-state index in [2.05, 4.69) is 4.72 Å². The highest BCUT2D eigenvalue weighted by Gasteiger charge is 2.16. The quantitative estimate of drug-likeness (QED) is 0.909. The van der Waals surface area contributed by atoms with Gasteiger partial charge in [-0.05, 0) is 48.9 Å². The van der Waals surface area contributed by atoms with Crippen LogP contribution in [-0.2, 0) is 10.0 Å². The fourth-order valence-corrected chi connectivity index (χ4v) is 2.80. The molecular weight excluding hydrogens is 297 g/mol. The maximum absolute atomic E-state index is 12.8. The second-order valence-corrected chi connectivity index (χ2v) is 6.08. The van der Waals surface area contributed by atoms with Crippen molar-refractivity contribution in [3.63, 3.8) is 0 Å². The first kappa shape index (κ1) is 15.0. The lowest BCUT2D eigenvalue weighted by molar-refractivity contribution is 0.0697. The maximum Gasteiger partial charge on any atom is 0.335 e. The van der Waals surface area contributed by atoms with Crippen molar-refractivity contribution in [2.75, 3.05) is 4.72 Å². The first-order chi connectivity index (χ1) is 9.79. The van der Waals surface area contributed by atoms with E-state index < -0.39 is 21.8 Å². The van der Waals surface area contributed by atoms with Gasteiger partial charge in [-0.1, -0.05) is 6.07 Å². The average molecular weight is 309 g/mol. The number of carboxylic acids is 1. The fraction of sp³-hybridized carbons (Fsp3) is 0.0714. The number of anilines is 1. The molecular formula is C14H12FNO4S. The third-order valence-electron chi connectivity index (χ3n) is 2.85. The monoisotopic (exact) mass is 309 g/mol. The summed E-state index contributed by atoms with van der Waals surface area (Å²) in [5.41, 5.74) is 0.710. The first-order valence-corrected chi connectivity index (χ1v) is 7.40. The fourth-order valence-electron chi connectivity index (χ4n) is 1.68. The molecule has 5 nitrogen and oxygen atoms in total. The molecule has 0 aromatic heterocycles. The van der Waals surface area contributed by atoms with Crippen LogP contribution in [0, 0.1) is 12.7 Å². The predicted molar refractivity (Wildman–Crippen MR) is 75.3 cm³/mol. The second kappa shape index (κ2) is 5.53. The van der Waals surface area contributed by atoms with Crippen molar-refractivity contribution in [1.29, 1.82) is 0 Å². The van der Waals surface area contributed by atoms with Crippen molar-refractivity contribution < 1.29 is 22.7 Å². The predicted octanol–water partition coefficient (Wildman–Crippen LogP) is 2.63. The van der Waals surface area contributed by atoms with Crippen LogP contribution in [0.2, 0.25) is 0 Å². The van der Waals surface area contributed by atoms with E-state index in [4.69, 9.17) is 5.11 Å². The van der Waals surface area contributed by atoms with Crippen molar-refractivity contribution in [3.8, 4) is 0 Å². The van der Waals surface area contributed by atoms with Gasteiger partial charge in [0.1, 0.15) is 5.82 Å². The Morgan fingerprint density at radius 1 is 1.14 bits per heavy atom. The molecule has 0 atom stereocenters. The van der Waals surface area contributed by atoms with E-state index in [0.717, 1.165) is 24.3 Å². The van der Waals surface area contributed by atoms with Crippen molar-refractivity contribution in [2.24, 2.45) is 0 Å². The Labute approximate surface area is 121 Å². The molecule has 2 aromatic carbocycles. The molecule has 0 aliphatic heterocycles. The van der Waals surface area contributed by atoms with Crippen LogP contribution in [0.15, 0.2) is 47.4 Å². The molecule has 0 aliphatic carbocycles.